The van der Waals surface area contributed by atoms with Crippen molar-refractivity contribution in [2.24, 2.45) is 29.1 Å². The van der Waals surface area contributed by atoms with Crippen LogP contribution in [0.15, 0.2) is 46.1 Å². The Kier molecular flexibility index (Phi) is 12.9. The summed E-state index contributed by atoms with van der Waals surface area (Å²) in [6.45, 7) is 35.5. The molecule has 1 N–H and O–H groups in total. The smallest absolute Gasteiger partial charge is 0.225 e. The topological polar surface area (TPSA) is 64.7 Å². The summed E-state index contributed by atoms with van der Waals surface area (Å²) in [5.74, 6) is 4.23. The molecule has 0 amide bonds. The molecule has 5 rings (SSSR count). The van der Waals surface area contributed by atoms with Gasteiger partial charge in [-0.25, -0.2) is 4.98 Å². The molecule has 7 atom stereocenters. The Morgan fingerprint density at radius 3 is 2.32 bits per heavy atom. The van der Waals surface area contributed by atoms with Crippen LogP contribution in [0.25, 0.3) is 0 Å². The van der Waals surface area contributed by atoms with E-state index in [2.05, 4.69) is 101 Å². The normalized spacial score (nSPS) is 31.7. The van der Waals surface area contributed by atoms with Crippen LogP contribution >= 0.6 is 0 Å². The molecular formula is C46H79NO4Si2. The van der Waals surface area contributed by atoms with Crippen molar-refractivity contribution in [2.45, 2.75) is 206 Å². The van der Waals surface area contributed by atoms with Gasteiger partial charge in [0.05, 0.1) is 18.4 Å². The van der Waals surface area contributed by atoms with Gasteiger partial charge >= 0.3 is 0 Å². The summed E-state index contributed by atoms with van der Waals surface area (Å²) in [7, 11) is -4.46. The van der Waals surface area contributed by atoms with Gasteiger partial charge in [-0.3, -0.25) is 0 Å². The van der Waals surface area contributed by atoms with Crippen molar-refractivity contribution in [1.82, 2.24) is 4.98 Å². The minimum atomic E-state index is -2.29. The number of unbranched alkanes of at least 4 members (excludes halogenated alkanes) is 1. The lowest BCUT2D eigenvalue weighted by Gasteiger charge is -2.50. The van der Waals surface area contributed by atoms with E-state index in [4.69, 9.17) is 24.8 Å². The van der Waals surface area contributed by atoms with Gasteiger partial charge in [0, 0.05) is 19.3 Å². The molecule has 1 aromatic rings. The predicted octanol–water partition coefficient (Wildman–Crippen LogP) is 13.2. The number of nitrogens with zero attached hydrogens (tertiary/aromatic N) is 1. The maximum atomic E-state index is 10.7. The molecule has 0 aliphatic heterocycles. The van der Waals surface area contributed by atoms with Gasteiger partial charge in [0.2, 0.25) is 5.89 Å². The molecule has 0 spiro atoms. The van der Waals surface area contributed by atoms with Crippen LogP contribution in [0, 0.1) is 29.1 Å². The highest BCUT2D eigenvalue weighted by molar-refractivity contribution is 6.74. The molecule has 4 aliphatic rings. The van der Waals surface area contributed by atoms with Gasteiger partial charge in [0.25, 0.3) is 0 Å². The van der Waals surface area contributed by atoms with Gasteiger partial charge in [0.1, 0.15) is 11.4 Å². The predicted molar refractivity (Wildman–Crippen MR) is 227 cm³/mol. The summed E-state index contributed by atoms with van der Waals surface area (Å²) in [5.41, 5.74) is 3.54. The van der Waals surface area contributed by atoms with Gasteiger partial charge in [-0.15, -0.1) is 0 Å². The number of fused-ring (bicyclic) bond motifs is 1. The zero-order chi connectivity index (χ0) is 39.2. The van der Waals surface area contributed by atoms with Crippen molar-refractivity contribution in [1.29, 1.82) is 0 Å². The fourth-order valence-electron chi connectivity index (χ4n) is 9.62. The minimum absolute atomic E-state index is 0.0203. The highest BCUT2D eigenvalue weighted by Crippen LogP contribution is 2.60. The Balaban J connectivity index is 1.52. The van der Waals surface area contributed by atoms with Crippen LogP contribution in [-0.2, 0) is 20.9 Å². The van der Waals surface area contributed by atoms with E-state index < -0.39 is 22.2 Å². The van der Waals surface area contributed by atoms with E-state index >= 15 is 0 Å². The second-order valence-corrected chi connectivity index (χ2v) is 30.8. The summed E-state index contributed by atoms with van der Waals surface area (Å²) in [6.07, 6.45) is 22.0. The zero-order valence-corrected chi connectivity index (χ0v) is 38.4. The number of aliphatic hydroxyl groups excluding tert-OH is 1. The average molecular weight is 766 g/mol. The van der Waals surface area contributed by atoms with E-state index in [1.165, 1.54) is 50.5 Å². The number of aromatic nitrogens is 1. The Morgan fingerprint density at radius 2 is 1.70 bits per heavy atom. The van der Waals surface area contributed by atoms with E-state index in [1.807, 2.05) is 6.20 Å². The molecule has 5 nitrogen and oxygen atoms in total. The molecule has 0 aromatic carbocycles. The summed E-state index contributed by atoms with van der Waals surface area (Å²) in [5, 5.41) is 10.7. The third-order valence-electron chi connectivity index (χ3n) is 15.3. The number of hydrogen-bond acceptors (Lipinski definition) is 5. The van der Waals surface area contributed by atoms with E-state index in [-0.39, 0.29) is 22.3 Å². The molecule has 0 unspecified atom stereocenters. The van der Waals surface area contributed by atoms with E-state index in [9.17, 15) is 5.11 Å². The highest BCUT2D eigenvalue weighted by Gasteiger charge is 2.54. The molecule has 7 heteroatoms. The number of allylic oxidation sites excluding steroid dienone is 3. The van der Waals surface area contributed by atoms with Crippen molar-refractivity contribution >= 4 is 16.6 Å². The third-order valence-corrected chi connectivity index (χ3v) is 24.3. The van der Waals surface area contributed by atoms with Crippen molar-refractivity contribution in [2.75, 3.05) is 0 Å². The second-order valence-electron chi connectivity index (χ2n) is 21.4. The number of aryl methyl sites for hydroxylation is 1. The lowest BCUT2D eigenvalue weighted by molar-refractivity contribution is -0.0234. The fourth-order valence-corrected chi connectivity index (χ4v) is 12.4. The van der Waals surface area contributed by atoms with Gasteiger partial charge in [-0.05, 0) is 141 Å². The lowest BCUT2D eigenvalue weighted by atomic mass is 9.60. The maximum absolute atomic E-state index is 10.7. The first-order valence-electron chi connectivity index (χ1n) is 21.6. The standard InChI is InChI=1S/C46H79NO4Si2/c1-15-16-19-37-31-47-42(49-37)46(51-53(13,14)44(7,8)9)29-36(33(3)41(30-46)50-52(11,12)43(4,5)6)24-21-34-18-17-28-45(10)38(25-26-39(34)45)32(2)20-27-40(48)35-22-23-35/h21,24,31-32,35,38-41,48H,3,15-20,22-23,25-30H2,1-2,4-14H3/t32-,38-,39+,40-,41+,45-,46-/m1/s1. The number of oxazole rings is 1. The van der Waals surface area contributed by atoms with Crippen molar-refractivity contribution < 1.29 is 18.4 Å². The van der Waals surface area contributed by atoms with Crippen LogP contribution in [0.3, 0.4) is 0 Å². The van der Waals surface area contributed by atoms with Crippen LogP contribution in [0.2, 0.25) is 36.3 Å². The summed E-state index contributed by atoms with van der Waals surface area (Å²) < 4.78 is 21.7. The van der Waals surface area contributed by atoms with Crippen LogP contribution in [0.5, 0.6) is 0 Å². The molecule has 0 bridgehead atoms. The summed E-state index contributed by atoms with van der Waals surface area (Å²) in [4.78, 5) is 5.03. The van der Waals surface area contributed by atoms with E-state index in [0.29, 0.717) is 41.9 Å². The Labute approximate surface area is 327 Å². The maximum Gasteiger partial charge on any atom is 0.225 e. The van der Waals surface area contributed by atoms with Gasteiger partial charge in [-0.1, -0.05) is 93.0 Å². The monoisotopic (exact) mass is 766 g/mol. The number of aliphatic hydroxyl groups is 1. The first kappa shape index (κ1) is 42.9. The number of rotatable bonds is 14. The van der Waals surface area contributed by atoms with E-state index in [1.54, 1.807) is 5.57 Å². The molecule has 300 valence electrons. The van der Waals surface area contributed by atoms with Gasteiger partial charge in [0.15, 0.2) is 16.6 Å². The molecule has 4 fully saturated rings. The van der Waals surface area contributed by atoms with Gasteiger partial charge in [-0.2, -0.15) is 0 Å². The Morgan fingerprint density at radius 1 is 1.02 bits per heavy atom. The molecular weight excluding hydrogens is 687 g/mol. The second kappa shape index (κ2) is 15.9. The quantitative estimate of drug-likeness (QED) is 0.191. The molecule has 1 aromatic heterocycles. The van der Waals surface area contributed by atoms with Crippen molar-refractivity contribution in [3.8, 4) is 0 Å². The molecule has 4 aliphatic carbocycles. The van der Waals surface area contributed by atoms with Crippen LogP contribution < -0.4 is 0 Å². The Bertz CT molecular complexity index is 1490. The summed E-state index contributed by atoms with van der Waals surface area (Å²) in [6, 6.07) is 0. The number of hydrogen-bond donors (Lipinski definition) is 1. The average Bonchev–Trinajstić information content (AvgIpc) is 3.68. The molecule has 0 radical (unpaired) electrons. The first-order valence-corrected chi connectivity index (χ1v) is 27.5. The third kappa shape index (κ3) is 9.32. The summed E-state index contributed by atoms with van der Waals surface area (Å²) >= 11 is 0. The van der Waals surface area contributed by atoms with E-state index in [0.717, 1.165) is 49.4 Å². The first-order chi connectivity index (χ1) is 24.5. The lowest BCUT2D eigenvalue weighted by Crippen LogP contribution is -2.53. The molecule has 1 heterocycles. The van der Waals surface area contributed by atoms with Crippen molar-refractivity contribution in [3.63, 3.8) is 0 Å². The van der Waals surface area contributed by atoms with Crippen LogP contribution in [0.4, 0.5) is 0 Å². The minimum Gasteiger partial charge on any atom is -0.443 e. The fraction of sp³-hybridized carbons (Fsp3) is 0.804. The zero-order valence-electron chi connectivity index (χ0n) is 36.4. The molecule has 0 saturated heterocycles. The SMILES string of the molecule is C=C1C(=CC=C2CCC[C@]3(C)[C@@H]([C@H](C)CC[C@@H](O)C4CC4)CC[C@@H]23)C[C@](O[Si](C)(C)C(C)(C)C)(c2ncc(CCCC)o2)C[C@@H]1O[Si](C)(C)C(C)(C)C. The largest absolute Gasteiger partial charge is 0.443 e. The van der Waals surface area contributed by atoms with Crippen LogP contribution in [-0.4, -0.2) is 38.9 Å². The van der Waals surface area contributed by atoms with Crippen molar-refractivity contribution in [3.05, 3.63) is 53.3 Å². The molecule has 4 saturated carbocycles. The van der Waals surface area contributed by atoms with Crippen LogP contribution in [0.1, 0.15) is 157 Å². The molecule has 53 heavy (non-hydrogen) atoms. The van der Waals surface area contributed by atoms with Gasteiger partial charge < -0.3 is 18.4 Å². The Hall–Kier alpha value is -1.26. The highest BCUT2D eigenvalue weighted by atomic mass is 28.4.